The van der Waals surface area contributed by atoms with E-state index in [1.807, 2.05) is 25.1 Å². The third kappa shape index (κ3) is 2.83. The lowest BCUT2D eigenvalue weighted by Gasteiger charge is -2.38. The molecule has 0 saturated carbocycles. The summed E-state index contributed by atoms with van der Waals surface area (Å²) in [5, 5.41) is 3.30. The lowest BCUT2D eigenvalue weighted by atomic mass is 9.93. The van der Waals surface area contributed by atoms with Crippen LogP contribution in [-0.2, 0) is 15.3 Å². The molecule has 0 bridgehead atoms. The SMILES string of the molecule is C=CCOC1(c2ccc(Cl)cc2)OC(=O)Nc2ccc(C)cc21. The number of carbonyl (C=O) groups is 1. The minimum absolute atomic E-state index is 0.225. The van der Waals surface area contributed by atoms with E-state index in [1.54, 1.807) is 30.3 Å². The number of rotatable bonds is 4. The number of ether oxygens (including phenoxy) is 2. The van der Waals surface area contributed by atoms with E-state index in [2.05, 4.69) is 11.9 Å². The Kier molecular flexibility index (Phi) is 4.11. The maximum atomic E-state index is 12.1. The number of hydrogen-bond acceptors (Lipinski definition) is 3. The Bertz CT molecular complexity index is 757. The maximum absolute atomic E-state index is 12.1. The highest BCUT2D eigenvalue weighted by Crippen LogP contribution is 2.43. The molecule has 0 aliphatic carbocycles. The Morgan fingerprint density at radius 2 is 2.04 bits per heavy atom. The first-order valence-corrected chi connectivity index (χ1v) is 7.55. The number of carbonyl (C=O) groups excluding carboxylic acids is 1. The Morgan fingerprint density at radius 3 is 2.74 bits per heavy atom. The second-order valence-electron chi connectivity index (χ2n) is 5.29. The highest BCUT2D eigenvalue weighted by molar-refractivity contribution is 6.30. The molecular formula is C18H16ClNO3. The van der Waals surface area contributed by atoms with Crippen LogP contribution in [0.1, 0.15) is 16.7 Å². The van der Waals surface area contributed by atoms with E-state index in [4.69, 9.17) is 21.1 Å². The van der Waals surface area contributed by atoms with Gasteiger partial charge in [-0.2, -0.15) is 0 Å². The van der Waals surface area contributed by atoms with Crippen molar-refractivity contribution in [3.8, 4) is 0 Å². The molecule has 1 atom stereocenters. The zero-order valence-corrected chi connectivity index (χ0v) is 13.4. The van der Waals surface area contributed by atoms with Crippen LogP contribution in [0.3, 0.4) is 0 Å². The average molecular weight is 330 g/mol. The summed E-state index contributed by atoms with van der Waals surface area (Å²) in [5.41, 5.74) is 3.11. The van der Waals surface area contributed by atoms with Gasteiger partial charge >= 0.3 is 6.09 Å². The topological polar surface area (TPSA) is 47.6 Å². The number of amides is 1. The molecule has 1 heterocycles. The molecule has 118 valence electrons. The van der Waals surface area contributed by atoms with E-state index in [-0.39, 0.29) is 6.61 Å². The van der Waals surface area contributed by atoms with Crippen LogP contribution in [0, 0.1) is 6.92 Å². The van der Waals surface area contributed by atoms with E-state index in [0.29, 0.717) is 16.3 Å². The van der Waals surface area contributed by atoms with Crippen molar-refractivity contribution in [2.75, 3.05) is 11.9 Å². The fraction of sp³-hybridized carbons (Fsp3) is 0.167. The van der Waals surface area contributed by atoms with Crippen molar-refractivity contribution in [3.63, 3.8) is 0 Å². The van der Waals surface area contributed by atoms with Gasteiger partial charge < -0.3 is 9.47 Å². The molecule has 0 saturated heterocycles. The normalized spacial score (nSPS) is 19.5. The van der Waals surface area contributed by atoms with Crippen molar-refractivity contribution in [1.82, 2.24) is 0 Å². The summed E-state index contributed by atoms with van der Waals surface area (Å²) in [6.45, 7) is 5.87. The molecule has 4 nitrogen and oxygen atoms in total. The van der Waals surface area contributed by atoms with Gasteiger partial charge in [0.25, 0.3) is 5.79 Å². The highest BCUT2D eigenvalue weighted by atomic mass is 35.5. The van der Waals surface area contributed by atoms with Crippen molar-refractivity contribution >= 4 is 23.4 Å². The predicted molar refractivity (Wildman–Crippen MR) is 89.7 cm³/mol. The van der Waals surface area contributed by atoms with E-state index in [0.717, 1.165) is 11.1 Å². The Labute approximate surface area is 139 Å². The van der Waals surface area contributed by atoms with Crippen LogP contribution in [0.25, 0.3) is 0 Å². The minimum Gasteiger partial charge on any atom is -0.407 e. The summed E-state index contributed by atoms with van der Waals surface area (Å²) in [6, 6.07) is 12.7. The summed E-state index contributed by atoms with van der Waals surface area (Å²) >= 11 is 5.98. The molecule has 0 radical (unpaired) electrons. The number of aryl methyl sites for hydroxylation is 1. The standard InChI is InChI=1S/C18H16ClNO3/c1-3-10-22-18(13-5-7-14(19)8-6-13)15-11-12(2)4-9-16(15)20-17(21)23-18/h3-9,11H,1,10H2,2H3,(H,20,21). The molecule has 0 aromatic heterocycles. The third-order valence-corrected chi connectivity index (χ3v) is 3.88. The first-order valence-electron chi connectivity index (χ1n) is 7.17. The largest absolute Gasteiger partial charge is 0.414 e. The quantitative estimate of drug-likeness (QED) is 0.833. The van der Waals surface area contributed by atoms with Crippen LogP contribution in [0.2, 0.25) is 5.02 Å². The van der Waals surface area contributed by atoms with Gasteiger partial charge in [-0.3, -0.25) is 5.32 Å². The van der Waals surface area contributed by atoms with Crippen LogP contribution in [0.15, 0.2) is 55.1 Å². The van der Waals surface area contributed by atoms with Crippen molar-refractivity contribution in [2.45, 2.75) is 12.7 Å². The van der Waals surface area contributed by atoms with Crippen LogP contribution < -0.4 is 5.32 Å². The summed E-state index contributed by atoms with van der Waals surface area (Å²) in [6.07, 6.45) is 1.04. The van der Waals surface area contributed by atoms with Crippen molar-refractivity contribution in [3.05, 3.63) is 76.8 Å². The molecule has 2 aromatic rings. The van der Waals surface area contributed by atoms with Crippen LogP contribution in [-0.4, -0.2) is 12.7 Å². The number of benzene rings is 2. The fourth-order valence-corrected chi connectivity index (χ4v) is 2.74. The number of anilines is 1. The van der Waals surface area contributed by atoms with Crippen molar-refractivity contribution in [1.29, 1.82) is 0 Å². The smallest absolute Gasteiger partial charge is 0.407 e. The lowest BCUT2D eigenvalue weighted by molar-refractivity contribution is -0.172. The second-order valence-corrected chi connectivity index (χ2v) is 5.72. The molecule has 0 fully saturated rings. The lowest BCUT2D eigenvalue weighted by Crippen LogP contribution is -2.42. The van der Waals surface area contributed by atoms with E-state index in [1.165, 1.54) is 0 Å². The summed E-state index contributed by atoms with van der Waals surface area (Å²) in [4.78, 5) is 12.1. The summed E-state index contributed by atoms with van der Waals surface area (Å²) in [7, 11) is 0. The number of cyclic esters (lactones) is 1. The fourth-order valence-electron chi connectivity index (χ4n) is 2.61. The summed E-state index contributed by atoms with van der Waals surface area (Å²) < 4.78 is 11.6. The number of hydrogen-bond donors (Lipinski definition) is 1. The van der Waals surface area contributed by atoms with Gasteiger partial charge in [0.2, 0.25) is 0 Å². The maximum Gasteiger partial charge on any atom is 0.414 e. The summed E-state index contributed by atoms with van der Waals surface area (Å²) in [5.74, 6) is -1.33. The monoisotopic (exact) mass is 329 g/mol. The van der Waals surface area contributed by atoms with Gasteiger partial charge in [-0.05, 0) is 31.2 Å². The number of fused-ring (bicyclic) bond motifs is 1. The predicted octanol–water partition coefficient (Wildman–Crippen LogP) is 4.61. The van der Waals surface area contributed by atoms with Gasteiger partial charge in [-0.25, -0.2) is 4.79 Å². The molecule has 3 rings (SSSR count). The van der Waals surface area contributed by atoms with Gasteiger partial charge in [0, 0.05) is 10.6 Å². The van der Waals surface area contributed by atoms with E-state index < -0.39 is 11.9 Å². The van der Waals surface area contributed by atoms with Crippen molar-refractivity contribution in [2.24, 2.45) is 0 Å². The first kappa shape index (κ1) is 15.6. The average Bonchev–Trinajstić information content (AvgIpc) is 2.54. The molecule has 23 heavy (non-hydrogen) atoms. The van der Waals surface area contributed by atoms with Gasteiger partial charge in [0.15, 0.2) is 0 Å². The number of nitrogens with one attached hydrogen (secondary N) is 1. The third-order valence-electron chi connectivity index (χ3n) is 3.63. The van der Waals surface area contributed by atoms with Crippen LogP contribution in [0.4, 0.5) is 10.5 Å². The molecule has 1 N–H and O–H groups in total. The van der Waals surface area contributed by atoms with Crippen molar-refractivity contribution < 1.29 is 14.3 Å². The molecule has 1 aliphatic rings. The zero-order valence-electron chi connectivity index (χ0n) is 12.6. The van der Waals surface area contributed by atoms with E-state index in [9.17, 15) is 4.79 Å². The number of halogens is 1. The molecule has 0 spiro atoms. The van der Waals surface area contributed by atoms with Crippen LogP contribution >= 0.6 is 11.6 Å². The molecule has 1 unspecified atom stereocenters. The Balaban J connectivity index is 2.23. The van der Waals surface area contributed by atoms with Crippen LogP contribution in [0.5, 0.6) is 0 Å². The minimum atomic E-state index is -1.33. The van der Waals surface area contributed by atoms with E-state index >= 15 is 0 Å². The van der Waals surface area contributed by atoms with Gasteiger partial charge in [0.05, 0.1) is 17.9 Å². The van der Waals surface area contributed by atoms with Gasteiger partial charge in [-0.15, -0.1) is 6.58 Å². The molecule has 1 aliphatic heterocycles. The molecule has 5 heteroatoms. The molecule has 1 amide bonds. The second kappa shape index (κ2) is 6.07. The van der Waals surface area contributed by atoms with Gasteiger partial charge in [0.1, 0.15) is 0 Å². The Hall–Kier alpha value is -2.30. The highest BCUT2D eigenvalue weighted by Gasteiger charge is 2.45. The zero-order chi connectivity index (χ0) is 16.4. The Morgan fingerprint density at radius 1 is 1.30 bits per heavy atom. The molecular weight excluding hydrogens is 314 g/mol. The van der Waals surface area contributed by atoms with Gasteiger partial charge in [-0.1, -0.05) is 41.4 Å². The molecule has 2 aromatic carbocycles. The first-order chi connectivity index (χ1) is 11.0.